The van der Waals surface area contributed by atoms with Gasteiger partial charge in [-0.05, 0) is 63.0 Å². The molecule has 0 aliphatic carbocycles. The Morgan fingerprint density at radius 1 is 1.35 bits per heavy atom. The predicted octanol–water partition coefficient (Wildman–Crippen LogP) is 1.33. The molecule has 5 nitrogen and oxygen atoms in total. The molecule has 0 bridgehead atoms. The zero-order valence-corrected chi connectivity index (χ0v) is 13.6. The summed E-state index contributed by atoms with van der Waals surface area (Å²) in [5.74, 6) is 0.840. The van der Waals surface area contributed by atoms with Crippen molar-refractivity contribution in [2.45, 2.75) is 31.7 Å². The second-order valence-electron chi connectivity index (χ2n) is 6.56. The third-order valence-electron chi connectivity index (χ3n) is 4.68. The number of hydrogen-bond donors (Lipinski definition) is 2. The lowest BCUT2D eigenvalue weighted by Crippen LogP contribution is -2.47. The largest absolute Gasteiger partial charge is 0.389 e. The number of aromatic nitrogens is 1. The predicted molar refractivity (Wildman–Crippen MR) is 90.8 cm³/mol. The van der Waals surface area contributed by atoms with Crippen LogP contribution in [0.3, 0.4) is 0 Å². The van der Waals surface area contributed by atoms with Crippen LogP contribution >= 0.6 is 0 Å². The summed E-state index contributed by atoms with van der Waals surface area (Å²) in [4.78, 5) is 18.8. The SMILES string of the molecule is O=C(CN1CCC(Cc2ccccn2)CC1)NC1CC=CNC1. The van der Waals surface area contributed by atoms with Gasteiger partial charge in [-0.3, -0.25) is 14.7 Å². The van der Waals surface area contributed by atoms with E-state index in [9.17, 15) is 4.79 Å². The zero-order valence-electron chi connectivity index (χ0n) is 13.6. The van der Waals surface area contributed by atoms with E-state index in [1.54, 1.807) is 0 Å². The topological polar surface area (TPSA) is 57.3 Å². The molecule has 0 spiro atoms. The Morgan fingerprint density at radius 3 is 2.91 bits per heavy atom. The van der Waals surface area contributed by atoms with Crippen LogP contribution in [-0.4, -0.2) is 48.0 Å². The summed E-state index contributed by atoms with van der Waals surface area (Å²) in [7, 11) is 0. The highest BCUT2D eigenvalue weighted by Gasteiger charge is 2.22. The van der Waals surface area contributed by atoms with Crippen LogP contribution in [0, 0.1) is 5.92 Å². The second-order valence-corrected chi connectivity index (χ2v) is 6.56. The van der Waals surface area contributed by atoms with Crippen LogP contribution in [0.25, 0.3) is 0 Å². The normalized spacial score (nSPS) is 22.5. The van der Waals surface area contributed by atoms with Gasteiger partial charge in [-0.1, -0.05) is 12.1 Å². The number of nitrogens with zero attached hydrogens (tertiary/aromatic N) is 2. The Morgan fingerprint density at radius 2 is 2.22 bits per heavy atom. The number of rotatable bonds is 5. The monoisotopic (exact) mass is 314 g/mol. The highest BCUT2D eigenvalue weighted by atomic mass is 16.2. The molecule has 1 atom stereocenters. The van der Waals surface area contributed by atoms with Crippen molar-refractivity contribution < 1.29 is 4.79 Å². The van der Waals surface area contributed by atoms with Crippen LogP contribution in [-0.2, 0) is 11.2 Å². The molecule has 1 fully saturated rings. The highest BCUT2D eigenvalue weighted by Crippen LogP contribution is 2.20. The second kappa shape index (κ2) is 8.11. The van der Waals surface area contributed by atoms with Crippen molar-refractivity contribution in [1.29, 1.82) is 0 Å². The highest BCUT2D eigenvalue weighted by molar-refractivity contribution is 5.78. The third kappa shape index (κ3) is 5.06. The molecule has 2 aliphatic heterocycles. The Bertz CT molecular complexity index is 523. The minimum atomic E-state index is 0.148. The molecule has 124 valence electrons. The average molecular weight is 314 g/mol. The molecule has 0 radical (unpaired) electrons. The quantitative estimate of drug-likeness (QED) is 0.861. The molecule has 2 aliphatic rings. The van der Waals surface area contributed by atoms with E-state index < -0.39 is 0 Å². The lowest BCUT2D eigenvalue weighted by molar-refractivity contribution is -0.123. The Labute approximate surface area is 138 Å². The van der Waals surface area contributed by atoms with E-state index in [0.717, 1.165) is 45.3 Å². The smallest absolute Gasteiger partial charge is 0.234 e. The first-order valence-electron chi connectivity index (χ1n) is 8.59. The van der Waals surface area contributed by atoms with Gasteiger partial charge < -0.3 is 10.6 Å². The summed E-state index contributed by atoms with van der Waals surface area (Å²) in [6.07, 6.45) is 10.2. The van der Waals surface area contributed by atoms with E-state index >= 15 is 0 Å². The fourth-order valence-electron chi connectivity index (χ4n) is 3.36. The average Bonchev–Trinajstić information content (AvgIpc) is 2.58. The third-order valence-corrected chi connectivity index (χ3v) is 4.68. The van der Waals surface area contributed by atoms with Crippen molar-refractivity contribution >= 4 is 5.91 Å². The van der Waals surface area contributed by atoms with Crippen molar-refractivity contribution in [2.24, 2.45) is 5.92 Å². The van der Waals surface area contributed by atoms with E-state index in [0.29, 0.717) is 12.5 Å². The van der Waals surface area contributed by atoms with Crippen molar-refractivity contribution in [3.05, 3.63) is 42.4 Å². The Balaban J connectivity index is 1.37. The number of pyridine rings is 1. The Kier molecular flexibility index (Phi) is 5.64. The number of amides is 1. The first-order valence-corrected chi connectivity index (χ1v) is 8.59. The van der Waals surface area contributed by atoms with Crippen molar-refractivity contribution in [3.8, 4) is 0 Å². The van der Waals surface area contributed by atoms with E-state index in [4.69, 9.17) is 0 Å². The molecule has 5 heteroatoms. The number of nitrogens with one attached hydrogen (secondary N) is 2. The summed E-state index contributed by atoms with van der Waals surface area (Å²) in [5.41, 5.74) is 1.18. The van der Waals surface area contributed by atoms with Crippen LogP contribution in [0.2, 0.25) is 0 Å². The van der Waals surface area contributed by atoms with E-state index in [2.05, 4.69) is 38.7 Å². The molecule has 1 aromatic rings. The first-order chi connectivity index (χ1) is 11.3. The molecule has 2 N–H and O–H groups in total. The molecular formula is C18H26N4O. The molecule has 23 heavy (non-hydrogen) atoms. The van der Waals surface area contributed by atoms with Crippen LogP contribution in [0.4, 0.5) is 0 Å². The molecule has 1 amide bonds. The number of piperidine rings is 1. The molecule has 0 saturated carbocycles. The fourth-order valence-corrected chi connectivity index (χ4v) is 3.36. The van der Waals surface area contributed by atoms with Gasteiger partial charge in [0, 0.05) is 24.5 Å². The van der Waals surface area contributed by atoms with Crippen molar-refractivity contribution in [3.63, 3.8) is 0 Å². The van der Waals surface area contributed by atoms with Gasteiger partial charge in [-0.15, -0.1) is 0 Å². The summed E-state index contributed by atoms with van der Waals surface area (Å²) in [6.45, 7) is 3.37. The maximum Gasteiger partial charge on any atom is 0.234 e. The first kappa shape index (κ1) is 16.0. The zero-order chi connectivity index (χ0) is 15.9. The fraction of sp³-hybridized carbons (Fsp3) is 0.556. The van der Waals surface area contributed by atoms with Crippen molar-refractivity contribution in [2.75, 3.05) is 26.2 Å². The number of carbonyl (C=O) groups is 1. The van der Waals surface area contributed by atoms with Gasteiger partial charge in [0.15, 0.2) is 0 Å². The molecule has 3 rings (SSSR count). The van der Waals surface area contributed by atoms with Crippen LogP contribution in [0.15, 0.2) is 36.7 Å². The molecule has 1 saturated heterocycles. The number of hydrogen-bond acceptors (Lipinski definition) is 4. The maximum absolute atomic E-state index is 12.1. The van der Waals surface area contributed by atoms with Crippen molar-refractivity contribution in [1.82, 2.24) is 20.5 Å². The van der Waals surface area contributed by atoms with Crippen LogP contribution < -0.4 is 10.6 Å². The van der Waals surface area contributed by atoms with E-state index in [1.807, 2.05) is 18.5 Å². The maximum atomic E-state index is 12.1. The van der Waals surface area contributed by atoms with Gasteiger partial charge in [0.1, 0.15) is 0 Å². The minimum absolute atomic E-state index is 0.148. The molecule has 0 aromatic carbocycles. The molecular weight excluding hydrogens is 288 g/mol. The molecule has 1 unspecified atom stereocenters. The van der Waals surface area contributed by atoms with Gasteiger partial charge in [0.2, 0.25) is 5.91 Å². The Hall–Kier alpha value is -1.88. The summed E-state index contributed by atoms with van der Waals surface area (Å²) in [6, 6.07) is 6.35. The van der Waals surface area contributed by atoms with Gasteiger partial charge in [-0.25, -0.2) is 0 Å². The van der Waals surface area contributed by atoms with Crippen LogP contribution in [0.5, 0.6) is 0 Å². The van der Waals surface area contributed by atoms with E-state index in [-0.39, 0.29) is 11.9 Å². The molecule has 3 heterocycles. The van der Waals surface area contributed by atoms with Gasteiger partial charge in [0.25, 0.3) is 0 Å². The van der Waals surface area contributed by atoms with E-state index in [1.165, 1.54) is 5.69 Å². The standard InChI is InChI=1S/C18H26N4O/c23-18(21-17-5-3-8-19-13-17)14-22-10-6-15(7-11-22)12-16-4-1-2-9-20-16/h1-4,8-9,15,17,19H,5-7,10-14H2,(H,21,23). The summed E-state index contributed by atoms with van der Waals surface area (Å²) >= 11 is 0. The van der Waals surface area contributed by atoms with Crippen LogP contribution in [0.1, 0.15) is 25.0 Å². The lowest BCUT2D eigenvalue weighted by atomic mass is 9.92. The number of carbonyl (C=O) groups excluding carboxylic acids is 1. The summed E-state index contributed by atoms with van der Waals surface area (Å²) in [5, 5.41) is 6.27. The van der Waals surface area contributed by atoms with Gasteiger partial charge in [-0.2, -0.15) is 0 Å². The lowest BCUT2D eigenvalue weighted by Gasteiger charge is -2.32. The van der Waals surface area contributed by atoms with Gasteiger partial charge in [0.05, 0.1) is 6.54 Å². The number of likely N-dealkylation sites (tertiary alicyclic amines) is 1. The van der Waals surface area contributed by atoms with Gasteiger partial charge >= 0.3 is 0 Å². The molecule has 1 aromatic heterocycles. The summed E-state index contributed by atoms with van der Waals surface area (Å²) < 4.78 is 0. The minimum Gasteiger partial charge on any atom is -0.389 e.